The van der Waals surface area contributed by atoms with Crippen LogP contribution in [0.3, 0.4) is 0 Å². The van der Waals surface area contributed by atoms with Gasteiger partial charge in [-0.15, -0.1) is 0 Å². The lowest BCUT2D eigenvalue weighted by atomic mass is 9.59. The van der Waals surface area contributed by atoms with Gasteiger partial charge in [-0.25, -0.2) is 0 Å². The molecule has 0 aromatic rings. The Hall–Kier alpha value is 0. The SMILES string of the molecule is CC(C)(C)C1[CH]CCCC1C(C)(C)C. The van der Waals surface area contributed by atoms with Gasteiger partial charge in [0.15, 0.2) is 0 Å². The normalized spacial score (nSPS) is 30.4. The first-order valence-corrected chi connectivity index (χ1v) is 6.06. The zero-order chi connectivity index (χ0) is 11.0. The van der Waals surface area contributed by atoms with Gasteiger partial charge in [0.25, 0.3) is 0 Å². The third kappa shape index (κ3) is 2.74. The van der Waals surface area contributed by atoms with Crippen molar-refractivity contribution >= 4 is 0 Å². The van der Waals surface area contributed by atoms with Crippen LogP contribution < -0.4 is 0 Å². The predicted molar refractivity (Wildman–Crippen MR) is 64.0 cm³/mol. The molecule has 0 aromatic carbocycles. The quantitative estimate of drug-likeness (QED) is 0.525. The molecule has 2 unspecified atom stereocenters. The van der Waals surface area contributed by atoms with Crippen molar-refractivity contribution in [3.63, 3.8) is 0 Å². The van der Waals surface area contributed by atoms with Gasteiger partial charge in [-0.2, -0.15) is 0 Å². The molecule has 83 valence electrons. The van der Waals surface area contributed by atoms with Gasteiger partial charge in [0.05, 0.1) is 0 Å². The summed E-state index contributed by atoms with van der Waals surface area (Å²) in [6.07, 6.45) is 6.73. The lowest BCUT2D eigenvalue weighted by Gasteiger charge is -2.46. The molecule has 1 aliphatic carbocycles. The number of hydrogen-bond acceptors (Lipinski definition) is 0. The van der Waals surface area contributed by atoms with Crippen molar-refractivity contribution < 1.29 is 0 Å². The fraction of sp³-hybridized carbons (Fsp3) is 0.929. The first-order chi connectivity index (χ1) is 6.23. The summed E-state index contributed by atoms with van der Waals surface area (Å²) in [5.41, 5.74) is 0.910. The first-order valence-electron chi connectivity index (χ1n) is 6.06. The summed E-state index contributed by atoms with van der Waals surface area (Å²) in [6, 6.07) is 0. The molecule has 1 saturated carbocycles. The maximum absolute atomic E-state index is 2.58. The molecule has 0 saturated heterocycles. The summed E-state index contributed by atoms with van der Waals surface area (Å²) in [5.74, 6) is 1.67. The Morgan fingerprint density at radius 2 is 1.50 bits per heavy atom. The Labute approximate surface area is 90.5 Å². The summed E-state index contributed by atoms with van der Waals surface area (Å²) in [6.45, 7) is 14.4. The van der Waals surface area contributed by atoms with Crippen LogP contribution in [0.5, 0.6) is 0 Å². The highest BCUT2D eigenvalue weighted by Gasteiger charge is 2.39. The average molecular weight is 195 g/mol. The molecular formula is C14H27. The summed E-state index contributed by atoms with van der Waals surface area (Å²) in [7, 11) is 0. The lowest BCUT2D eigenvalue weighted by molar-refractivity contribution is 0.0666. The van der Waals surface area contributed by atoms with Gasteiger partial charge >= 0.3 is 0 Å². The standard InChI is InChI=1S/C14H27/c1-13(2,3)11-9-7-8-10-12(11)14(4,5)6/h9,11-12H,7-8,10H2,1-6H3. The van der Waals surface area contributed by atoms with Crippen LogP contribution >= 0.6 is 0 Å². The van der Waals surface area contributed by atoms with Gasteiger partial charge in [0.2, 0.25) is 0 Å². The second kappa shape index (κ2) is 3.87. The predicted octanol–water partition coefficient (Wildman–Crippen LogP) is 4.70. The molecule has 1 rings (SSSR count). The Morgan fingerprint density at radius 1 is 0.929 bits per heavy atom. The van der Waals surface area contributed by atoms with Crippen molar-refractivity contribution in [3.05, 3.63) is 6.42 Å². The van der Waals surface area contributed by atoms with Gasteiger partial charge in [-0.3, -0.25) is 0 Å². The minimum absolute atomic E-state index is 0.443. The topological polar surface area (TPSA) is 0 Å². The molecule has 0 nitrogen and oxygen atoms in total. The maximum atomic E-state index is 2.58. The average Bonchev–Trinajstić information content (AvgIpc) is 2.01. The lowest BCUT2D eigenvalue weighted by Crippen LogP contribution is -2.38. The van der Waals surface area contributed by atoms with E-state index >= 15 is 0 Å². The highest BCUT2D eigenvalue weighted by Crippen LogP contribution is 2.48. The third-order valence-electron chi connectivity index (χ3n) is 3.69. The number of hydrogen-bond donors (Lipinski definition) is 0. The molecule has 0 amide bonds. The maximum Gasteiger partial charge on any atom is -0.0301 e. The third-order valence-corrected chi connectivity index (χ3v) is 3.69. The van der Waals surface area contributed by atoms with E-state index in [1.165, 1.54) is 19.3 Å². The van der Waals surface area contributed by atoms with Crippen LogP contribution in [0.4, 0.5) is 0 Å². The number of rotatable bonds is 0. The Bertz CT molecular complexity index is 155. The van der Waals surface area contributed by atoms with Crippen LogP contribution in [0.25, 0.3) is 0 Å². The van der Waals surface area contributed by atoms with Crippen molar-refractivity contribution in [3.8, 4) is 0 Å². The van der Waals surface area contributed by atoms with Gasteiger partial charge in [0.1, 0.15) is 0 Å². The van der Waals surface area contributed by atoms with E-state index in [9.17, 15) is 0 Å². The zero-order valence-electron chi connectivity index (χ0n) is 10.9. The smallest absolute Gasteiger partial charge is 0.0301 e. The van der Waals surface area contributed by atoms with E-state index in [1.54, 1.807) is 0 Å². The summed E-state index contributed by atoms with van der Waals surface area (Å²) in [4.78, 5) is 0. The van der Waals surface area contributed by atoms with E-state index in [-0.39, 0.29) is 0 Å². The molecule has 2 atom stereocenters. The highest BCUT2D eigenvalue weighted by molar-refractivity contribution is 4.97. The zero-order valence-corrected chi connectivity index (χ0v) is 10.9. The van der Waals surface area contributed by atoms with Gasteiger partial charge in [-0.1, -0.05) is 48.0 Å². The Kier molecular flexibility index (Phi) is 3.33. The molecule has 0 N–H and O–H groups in total. The molecule has 1 radical (unpaired) electrons. The fourth-order valence-corrected chi connectivity index (χ4v) is 2.91. The van der Waals surface area contributed by atoms with Crippen LogP contribution in [-0.4, -0.2) is 0 Å². The largest absolute Gasteiger partial charge is 0.0599 e. The minimum Gasteiger partial charge on any atom is -0.0599 e. The molecular weight excluding hydrogens is 168 g/mol. The molecule has 0 heterocycles. The molecule has 0 heteroatoms. The van der Waals surface area contributed by atoms with Gasteiger partial charge in [0, 0.05) is 0 Å². The van der Waals surface area contributed by atoms with Crippen molar-refractivity contribution in [1.29, 1.82) is 0 Å². The second-order valence-electron chi connectivity index (χ2n) is 7.03. The van der Waals surface area contributed by atoms with E-state index < -0.39 is 0 Å². The van der Waals surface area contributed by atoms with E-state index in [0.29, 0.717) is 10.8 Å². The van der Waals surface area contributed by atoms with Gasteiger partial charge < -0.3 is 0 Å². The van der Waals surface area contributed by atoms with E-state index in [4.69, 9.17) is 0 Å². The van der Waals surface area contributed by atoms with Crippen molar-refractivity contribution in [1.82, 2.24) is 0 Å². The monoisotopic (exact) mass is 195 g/mol. The molecule has 0 spiro atoms. The Morgan fingerprint density at radius 3 is 1.86 bits per heavy atom. The van der Waals surface area contributed by atoms with E-state index in [1.807, 2.05) is 0 Å². The highest BCUT2D eigenvalue weighted by atomic mass is 14.4. The molecule has 1 fully saturated rings. The van der Waals surface area contributed by atoms with Crippen LogP contribution in [0.2, 0.25) is 0 Å². The first kappa shape index (κ1) is 12.1. The second-order valence-corrected chi connectivity index (χ2v) is 7.03. The van der Waals surface area contributed by atoms with Gasteiger partial charge in [-0.05, 0) is 41.9 Å². The van der Waals surface area contributed by atoms with Crippen molar-refractivity contribution in [2.24, 2.45) is 22.7 Å². The van der Waals surface area contributed by atoms with Crippen LogP contribution in [-0.2, 0) is 0 Å². The summed E-state index contributed by atoms with van der Waals surface area (Å²) in [5, 5.41) is 0. The molecule has 0 aromatic heterocycles. The van der Waals surface area contributed by atoms with Crippen molar-refractivity contribution in [2.75, 3.05) is 0 Å². The summed E-state index contributed by atoms with van der Waals surface area (Å²) < 4.78 is 0. The molecule has 0 bridgehead atoms. The summed E-state index contributed by atoms with van der Waals surface area (Å²) >= 11 is 0. The van der Waals surface area contributed by atoms with Crippen LogP contribution in [0.1, 0.15) is 60.8 Å². The van der Waals surface area contributed by atoms with E-state index in [0.717, 1.165) is 11.8 Å². The van der Waals surface area contributed by atoms with Crippen LogP contribution in [0.15, 0.2) is 0 Å². The van der Waals surface area contributed by atoms with E-state index in [2.05, 4.69) is 48.0 Å². The molecule has 1 aliphatic rings. The van der Waals surface area contributed by atoms with Crippen molar-refractivity contribution in [2.45, 2.75) is 60.8 Å². The van der Waals surface area contributed by atoms with Crippen LogP contribution in [0, 0.1) is 29.1 Å². The minimum atomic E-state index is 0.443. The molecule has 0 aliphatic heterocycles. The Balaban J connectivity index is 2.80. The molecule has 14 heavy (non-hydrogen) atoms. The fourth-order valence-electron chi connectivity index (χ4n) is 2.91.